The number of amides is 1. The van der Waals surface area contributed by atoms with Crippen LogP contribution in [0.25, 0.3) is 0 Å². The Kier molecular flexibility index (Phi) is 5.28. The average molecular weight is 299 g/mol. The largest absolute Gasteiger partial charge is 0.395 e. The molecular formula is C13H19ClN4O2. The molecule has 1 fully saturated rings. The maximum atomic E-state index is 12.5. The molecule has 1 aromatic heterocycles. The molecule has 1 N–H and O–H groups in total. The van der Waals surface area contributed by atoms with Crippen LogP contribution < -0.4 is 0 Å². The van der Waals surface area contributed by atoms with Crippen LogP contribution in [-0.2, 0) is 0 Å². The highest BCUT2D eigenvalue weighted by molar-refractivity contribution is 6.29. The van der Waals surface area contributed by atoms with Crippen LogP contribution in [0.4, 0.5) is 0 Å². The normalized spacial score (nSPS) is 17.1. The maximum Gasteiger partial charge on any atom is 0.274 e. The van der Waals surface area contributed by atoms with Crippen molar-refractivity contribution in [2.75, 3.05) is 33.3 Å². The second-order valence-corrected chi connectivity index (χ2v) is 5.37. The van der Waals surface area contributed by atoms with Gasteiger partial charge in [0.1, 0.15) is 10.8 Å². The Morgan fingerprint density at radius 2 is 2.20 bits per heavy atom. The van der Waals surface area contributed by atoms with Gasteiger partial charge in [-0.1, -0.05) is 11.6 Å². The minimum absolute atomic E-state index is 0.0634. The number of halogens is 1. The SMILES string of the molecule is CN1CCC(N(CCO)C(=O)c2cncc(Cl)n2)CC1. The zero-order valence-electron chi connectivity index (χ0n) is 11.5. The van der Waals surface area contributed by atoms with E-state index in [1.165, 1.54) is 12.4 Å². The number of rotatable bonds is 4. The highest BCUT2D eigenvalue weighted by Crippen LogP contribution is 2.17. The van der Waals surface area contributed by atoms with Crippen LogP contribution in [-0.4, -0.2) is 70.1 Å². The van der Waals surface area contributed by atoms with Gasteiger partial charge in [0.25, 0.3) is 5.91 Å². The Morgan fingerprint density at radius 1 is 1.50 bits per heavy atom. The van der Waals surface area contributed by atoms with Crippen molar-refractivity contribution in [1.82, 2.24) is 19.8 Å². The minimum atomic E-state index is -0.219. The lowest BCUT2D eigenvalue weighted by Crippen LogP contribution is -2.47. The zero-order chi connectivity index (χ0) is 14.5. The number of carbonyl (C=O) groups is 1. The smallest absolute Gasteiger partial charge is 0.274 e. The molecule has 0 bridgehead atoms. The van der Waals surface area contributed by atoms with Gasteiger partial charge in [-0.25, -0.2) is 4.98 Å². The molecule has 1 amide bonds. The molecule has 0 unspecified atom stereocenters. The van der Waals surface area contributed by atoms with Gasteiger partial charge in [-0.05, 0) is 33.0 Å². The molecule has 1 aromatic rings. The number of aliphatic hydroxyl groups excluding tert-OH is 1. The van der Waals surface area contributed by atoms with E-state index in [-0.39, 0.29) is 29.4 Å². The predicted octanol–water partition coefficient (Wildman–Crippen LogP) is 0.659. The van der Waals surface area contributed by atoms with Crippen LogP contribution in [0.2, 0.25) is 5.15 Å². The number of aromatic nitrogens is 2. The maximum absolute atomic E-state index is 12.5. The van der Waals surface area contributed by atoms with Gasteiger partial charge in [-0.3, -0.25) is 9.78 Å². The molecule has 1 aliphatic heterocycles. The van der Waals surface area contributed by atoms with E-state index < -0.39 is 0 Å². The van der Waals surface area contributed by atoms with Crippen LogP contribution >= 0.6 is 11.6 Å². The van der Waals surface area contributed by atoms with E-state index in [0.29, 0.717) is 6.54 Å². The van der Waals surface area contributed by atoms with Crippen molar-refractivity contribution in [2.24, 2.45) is 0 Å². The van der Waals surface area contributed by atoms with Crippen LogP contribution in [0.3, 0.4) is 0 Å². The number of piperidine rings is 1. The molecule has 0 radical (unpaired) electrons. The van der Waals surface area contributed by atoms with E-state index in [4.69, 9.17) is 11.6 Å². The molecule has 1 saturated heterocycles. The van der Waals surface area contributed by atoms with Gasteiger partial charge in [-0.15, -0.1) is 0 Å². The summed E-state index contributed by atoms with van der Waals surface area (Å²) < 4.78 is 0. The summed E-state index contributed by atoms with van der Waals surface area (Å²) in [7, 11) is 2.07. The summed E-state index contributed by atoms with van der Waals surface area (Å²) in [4.78, 5) is 24.3. The number of carbonyl (C=O) groups excluding carboxylic acids is 1. The first-order valence-electron chi connectivity index (χ1n) is 6.69. The molecule has 6 nitrogen and oxygen atoms in total. The van der Waals surface area contributed by atoms with Gasteiger partial charge in [0.05, 0.1) is 19.0 Å². The highest BCUT2D eigenvalue weighted by Gasteiger charge is 2.28. The van der Waals surface area contributed by atoms with E-state index in [1.807, 2.05) is 0 Å². The fourth-order valence-electron chi connectivity index (χ4n) is 2.46. The van der Waals surface area contributed by atoms with Gasteiger partial charge in [0.2, 0.25) is 0 Å². The fourth-order valence-corrected chi connectivity index (χ4v) is 2.60. The topological polar surface area (TPSA) is 69.6 Å². The third-order valence-corrected chi connectivity index (χ3v) is 3.74. The first kappa shape index (κ1) is 15.2. The lowest BCUT2D eigenvalue weighted by molar-refractivity contribution is 0.0534. The molecule has 0 atom stereocenters. The first-order valence-corrected chi connectivity index (χ1v) is 7.07. The van der Waals surface area contributed by atoms with Gasteiger partial charge < -0.3 is 14.9 Å². The molecule has 2 heterocycles. The third kappa shape index (κ3) is 3.65. The predicted molar refractivity (Wildman–Crippen MR) is 75.7 cm³/mol. The Morgan fingerprint density at radius 3 is 2.80 bits per heavy atom. The van der Waals surface area contributed by atoms with Gasteiger partial charge >= 0.3 is 0 Å². The minimum Gasteiger partial charge on any atom is -0.395 e. The fraction of sp³-hybridized carbons (Fsp3) is 0.615. The molecule has 110 valence electrons. The molecule has 20 heavy (non-hydrogen) atoms. The van der Waals surface area contributed by atoms with E-state index in [0.717, 1.165) is 25.9 Å². The molecule has 1 aliphatic rings. The third-order valence-electron chi connectivity index (χ3n) is 3.55. The molecular weight excluding hydrogens is 280 g/mol. The first-order chi connectivity index (χ1) is 9.61. The molecule has 2 rings (SSSR count). The van der Waals surface area contributed by atoms with Crippen LogP contribution in [0.5, 0.6) is 0 Å². The zero-order valence-corrected chi connectivity index (χ0v) is 12.3. The Hall–Kier alpha value is -1.24. The van der Waals surface area contributed by atoms with Crippen LogP contribution in [0, 0.1) is 0 Å². The van der Waals surface area contributed by atoms with E-state index >= 15 is 0 Å². The van der Waals surface area contributed by atoms with E-state index in [2.05, 4.69) is 21.9 Å². The van der Waals surface area contributed by atoms with Crippen molar-refractivity contribution in [1.29, 1.82) is 0 Å². The van der Waals surface area contributed by atoms with Gasteiger partial charge in [0.15, 0.2) is 0 Å². The van der Waals surface area contributed by atoms with Crippen LogP contribution in [0.15, 0.2) is 12.4 Å². The van der Waals surface area contributed by atoms with Crippen molar-refractivity contribution in [2.45, 2.75) is 18.9 Å². The van der Waals surface area contributed by atoms with Crippen molar-refractivity contribution < 1.29 is 9.90 Å². The highest BCUT2D eigenvalue weighted by atomic mass is 35.5. The number of hydrogen-bond acceptors (Lipinski definition) is 5. The average Bonchev–Trinajstić information content (AvgIpc) is 2.45. The summed E-state index contributed by atoms with van der Waals surface area (Å²) in [6.45, 7) is 2.13. The summed E-state index contributed by atoms with van der Waals surface area (Å²) in [6, 6.07) is 0.131. The molecule has 0 saturated carbocycles. The number of aliphatic hydroxyl groups is 1. The Balaban J connectivity index is 2.13. The van der Waals surface area contributed by atoms with Crippen molar-refractivity contribution in [3.05, 3.63) is 23.2 Å². The second-order valence-electron chi connectivity index (χ2n) is 4.98. The summed E-state index contributed by atoms with van der Waals surface area (Å²) in [5.41, 5.74) is 0.227. The van der Waals surface area contributed by atoms with Gasteiger partial charge in [-0.2, -0.15) is 0 Å². The second kappa shape index (κ2) is 6.97. The van der Waals surface area contributed by atoms with Crippen molar-refractivity contribution >= 4 is 17.5 Å². The Labute approximate surface area is 123 Å². The van der Waals surface area contributed by atoms with Crippen molar-refractivity contribution in [3.8, 4) is 0 Å². The van der Waals surface area contributed by atoms with E-state index in [1.54, 1.807) is 4.90 Å². The van der Waals surface area contributed by atoms with Crippen molar-refractivity contribution in [3.63, 3.8) is 0 Å². The molecule has 7 heteroatoms. The quantitative estimate of drug-likeness (QED) is 0.884. The summed E-state index contributed by atoms with van der Waals surface area (Å²) in [6.07, 6.45) is 4.60. The lowest BCUT2D eigenvalue weighted by atomic mass is 10.0. The monoisotopic (exact) mass is 298 g/mol. The van der Waals surface area contributed by atoms with E-state index in [9.17, 15) is 9.90 Å². The summed E-state index contributed by atoms with van der Waals surface area (Å²) >= 11 is 5.78. The molecule has 0 spiro atoms. The van der Waals surface area contributed by atoms with Gasteiger partial charge in [0, 0.05) is 12.6 Å². The summed E-state index contributed by atoms with van der Waals surface area (Å²) in [5, 5.41) is 9.40. The lowest BCUT2D eigenvalue weighted by Gasteiger charge is -2.36. The standard InChI is InChI=1S/C13H19ClN4O2/c1-17-4-2-10(3-5-17)18(6-7-19)13(20)11-8-15-9-12(14)16-11/h8-10,19H,2-7H2,1H3. The number of likely N-dealkylation sites (tertiary alicyclic amines) is 1. The molecule has 0 aliphatic carbocycles. The number of hydrogen-bond donors (Lipinski definition) is 1. The summed E-state index contributed by atoms with van der Waals surface area (Å²) in [5.74, 6) is -0.219. The Bertz CT molecular complexity index is 463. The molecule has 0 aromatic carbocycles. The number of nitrogens with zero attached hydrogens (tertiary/aromatic N) is 4. The van der Waals surface area contributed by atoms with Crippen LogP contribution in [0.1, 0.15) is 23.3 Å².